The lowest BCUT2D eigenvalue weighted by molar-refractivity contribution is -0.0161. The molecule has 13 heavy (non-hydrogen) atoms. The molecule has 0 spiro atoms. The molecule has 0 aromatic heterocycles. The summed E-state index contributed by atoms with van der Waals surface area (Å²) < 4.78 is 0. The maximum Gasteiger partial charge on any atom is 0.0639 e. The molecule has 0 unspecified atom stereocenters. The Morgan fingerprint density at radius 1 is 1.00 bits per heavy atom. The van der Waals surface area contributed by atoms with Gasteiger partial charge < -0.3 is 5.11 Å². The van der Waals surface area contributed by atoms with Crippen LogP contribution in [0.1, 0.15) is 44.9 Å². The second kappa shape index (κ2) is 2.38. The minimum Gasteiger partial charge on any atom is -0.392 e. The van der Waals surface area contributed by atoms with Gasteiger partial charge in [-0.05, 0) is 31.1 Å². The molecule has 0 amide bonds. The number of hydrogen-bond acceptors (Lipinski definition) is 1. The summed E-state index contributed by atoms with van der Waals surface area (Å²) >= 11 is 0. The lowest BCUT2D eigenvalue weighted by Gasteiger charge is -2.51. The van der Waals surface area contributed by atoms with E-state index in [1.165, 1.54) is 38.5 Å². The van der Waals surface area contributed by atoms with Crippen LogP contribution in [-0.2, 0) is 0 Å². The van der Waals surface area contributed by atoms with E-state index in [1.54, 1.807) is 0 Å². The number of aliphatic hydroxyl groups is 1. The van der Waals surface area contributed by atoms with Crippen LogP contribution < -0.4 is 0 Å². The molecule has 72 valence electrons. The van der Waals surface area contributed by atoms with E-state index >= 15 is 0 Å². The van der Waals surface area contributed by atoms with Crippen LogP contribution in [0.15, 0.2) is 12.2 Å². The quantitative estimate of drug-likeness (QED) is 0.565. The zero-order valence-electron chi connectivity index (χ0n) is 8.13. The molecule has 0 aromatic carbocycles. The van der Waals surface area contributed by atoms with Gasteiger partial charge in [-0.1, -0.05) is 31.4 Å². The van der Waals surface area contributed by atoms with Crippen molar-refractivity contribution in [2.45, 2.75) is 51.0 Å². The molecule has 0 aromatic rings. The van der Waals surface area contributed by atoms with E-state index in [-0.39, 0.29) is 11.5 Å². The maximum atomic E-state index is 10.2. The number of aliphatic hydroxyl groups excluding tert-OH is 1. The topological polar surface area (TPSA) is 20.2 Å². The van der Waals surface area contributed by atoms with Gasteiger partial charge in [0.05, 0.1) is 6.10 Å². The number of hydrogen-bond donors (Lipinski definition) is 1. The highest BCUT2D eigenvalue weighted by Crippen LogP contribution is 2.66. The molecule has 3 aliphatic carbocycles. The Bertz CT molecular complexity index is 258. The molecule has 1 N–H and O–H groups in total. The van der Waals surface area contributed by atoms with E-state index in [2.05, 4.69) is 12.2 Å². The summed E-state index contributed by atoms with van der Waals surface area (Å²) in [6.45, 7) is 0. The van der Waals surface area contributed by atoms with Gasteiger partial charge in [0.2, 0.25) is 0 Å². The molecule has 0 bridgehead atoms. The number of rotatable bonds is 0. The molecule has 1 heteroatoms. The van der Waals surface area contributed by atoms with Gasteiger partial charge in [0.1, 0.15) is 0 Å². The van der Waals surface area contributed by atoms with Crippen LogP contribution in [0.5, 0.6) is 0 Å². The van der Waals surface area contributed by atoms with Gasteiger partial charge in [-0.3, -0.25) is 0 Å². The summed E-state index contributed by atoms with van der Waals surface area (Å²) in [7, 11) is 0. The second-order valence-corrected chi connectivity index (χ2v) is 5.14. The predicted octanol–water partition coefficient (Wildman–Crippen LogP) is 2.65. The smallest absolute Gasteiger partial charge is 0.0639 e. The van der Waals surface area contributed by atoms with Crippen LogP contribution in [0.2, 0.25) is 0 Å². The molecule has 0 aliphatic heterocycles. The highest BCUT2D eigenvalue weighted by atomic mass is 16.3. The monoisotopic (exact) mass is 178 g/mol. The summed E-state index contributed by atoms with van der Waals surface area (Å²) in [5.74, 6) is 0. The Balaban J connectivity index is 2.03. The Labute approximate surface area is 79.8 Å². The van der Waals surface area contributed by atoms with Gasteiger partial charge in [0, 0.05) is 5.41 Å². The molecular weight excluding hydrogens is 160 g/mol. The lowest BCUT2D eigenvalue weighted by atomic mass is 9.54. The van der Waals surface area contributed by atoms with Crippen LogP contribution in [0.4, 0.5) is 0 Å². The van der Waals surface area contributed by atoms with Crippen molar-refractivity contribution in [3.05, 3.63) is 12.2 Å². The van der Waals surface area contributed by atoms with E-state index in [0.29, 0.717) is 5.41 Å². The van der Waals surface area contributed by atoms with Crippen molar-refractivity contribution in [3.63, 3.8) is 0 Å². The Kier molecular flexibility index (Phi) is 1.48. The van der Waals surface area contributed by atoms with Crippen molar-refractivity contribution in [2.75, 3.05) is 0 Å². The fraction of sp³-hybridized carbons (Fsp3) is 0.833. The zero-order chi connectivity index (χ0) is 8.94. The van der Waals surface area contributed by atoms with Crippen molar-refractivity contribution >= 4 is 0 Å². The molecule has 0 heterocycles. The average Bonchev–Trinajstić information content (AvgIpc) is 2.32. The van der Waals surface area contributed by atoms with Crippen molar-refractivity contribution in [1.29, 1.82) is 0 Å². The van der Waals surface area contributed by atoms with Gasteiger partial charge in [-0.2, -0.15) is 0 Å². The first-order valence-corrected chi connectivity index (χ1v) is 5.68. The summed E-state index contributed by atoms with van der Waals surface area (Å²) in [6, 6.07) is 0. The molecule has 2 fully saturated rings. The van der Waals surface area contributed by atoms with Crippen LogP contribution in [0, 0.1) is 10.8 Å². The van der Waals surface area contributed by atoms with Crippen LogP contribution in [0.3, 0.4) is 0 Å². The van der Waals surface area contributed by atoms with Gasteiger partial charge in [-0.25, -0.2) is 0 Å². The molecule has 0 saturated heterocycles. The minimum absolute atomic E-state index is 0.0394. The van der Waals surface area contributed by atoms with E-state index in [0.717, 1.165) is 6.42 Å². The Morgan fingerprint density at radius 3 is 2.62 bits per heavy atom. The maximum absolute atomic E-state index is 10.2. The van der Waals surface area contributed by atoms with Crippen molar-refractivity contribution in [2.24, 2.45) is 10.8 Å². The third kappa shape index (κ3) is 0.775. The van der Waals surface area contributed by atoms with Gasteiger partial charge >= 0.3 is 0 Å². The molecule has 1 nitrogen and oxygen atoms in total. The Hall–Kier alpha value is -0.300. The Morgan fingerprint density at radius 2 is 1.85 bits per heavy atom. The summed E-state index contributed by atoms with van der Waals surface area (Å²) in [6.07, 6.45) is 13.5. The predicted molar refractivity (Wildman–Crippen MR) is 52.3 cm³/mol. The van der Waals surface area contributed by atoms with E-state index in [9.17, 15) is 5.11 Å². The first-order valence-electron chi connectivity index (χ1n) is 5.68. The second-order valence-electron chi connectivity index (χ2n) is 5.14. The highest BCUT2D eigenvalue weighted by molar-refractivity contribution is 5.32. The fourth-order valence-electron chi connectivity index (χ4n) is 3.96. The molecule has 3 atom stereocenters. The van der Waals surface area contributed by atoms with Crippen molar-refractivity contribution in [1.82, 2.24) is 0 Å². The summed E-state index contributed by atoms with van der Waals surface area (Å²) in [5, 5.41) is 10.2. The fourth-order valence-corrected chi connectivity index (χ4v) is 3.96. The molecule has 3 rings (SSSR count). The number of allylic oxidation sites excluding steroid dienone is 1. The third-order valence-electron chi connectivity index (χ3n) is 4.79. The summed E-state index contributed by atoms with van der Waals surface area (Å²) in [4.78, 5) is 0. The van der Waals surface area contributed by atoms with Crippen LogP contribution in [-0.4, -0.2) is 11.2 Å². The molecule has 3 aliphatic rings. The molecular formula is C12H18O. The van der Waals surface area contributed by atoms with Crippen LogP contribution >= 0.6 is 0 Å². The van der Waals surface area contributed by atoms with E-state index in [1.807, 2.05) is 0 Å². The standard InChI is InChI=1S/C12H18O/c13-10-4-1-2-5-11-6-3-7-12(10,11)9-8-11/h8-10,13H,1-7H2/t10-,11-,12+/m0/s1. The van der Waals surface area contributed by atoms with Crippen molar-refractivity contribution < 1.29 is 5.11 Å². The SMILES string of the molecule is O[C@H]1CCCC[C@]23C=C[C@]12CCC3. The first kappa shape index (κ1) is 8.05. The normalized spacial score (nSPS) is 53.5. The first-order chi connectivity index (χ1) is 6.29. The van der Waals surface area contributed by atoms with Gasteiger partial charge in [0.25, 0.3) is 0 Å². The van der Waals surface area contributed by atoms with E-state index < -0.39 is 0 Å². The van der Waals surface area contributed by atoms with Gasteiger partial charge in [-0.15, -0.1) is 0 Å². The summed E-state index contributed by atoms with van der Waals surface area (Å²) in [5.41, 5.74) is 0.659. The zero-order valence-corrected chi connectivity index (χ0v) is 8.13. The third-order valence-corrected chi connectivity index (χ3v) is 4.79. The lowest BCUT2D eigenvalue weighted by Crippen LogP contribution is -2.48. The minimum atomic E-state index is -0.0394. The van der Waals surface area contributed by atoms with E-state index in [4.69, 9.17) is 0 Å². The highest BCUT2D eigenvalue weighted by Gasteiger charge is 2.60. The average molecular weight is 178 g/mol. The van der Waals surface area contributed by atoms with Gasteiger partial charge in [0.15, 0.2) is 0 Å². The molecule has 2 saturated carbocycles. The van der Waals surface area contributed by atoms with Crippen LogP contribution in [0.25, 0.3) is 0 Å². The van der Waals surface area contributed by atoms with Crippen molar-refractivity contribution in [3.8, 4) is 0 Å². The molecule has 0 radical (unpaired) electrons. The largest absolute Gasteiger partial charge is 0.392 e.